The van der Waals surface area contributed by atoms with Crippen LogP contribution < -0.4 is 10.9 Å². The number of alkyl halides is 3. The molecule has 2 bridgehead atoms. The maximum atomic E-state index is 12.7. The Balaban J connectivity index is 1.59. The summed E-state index contributed by atoms with van der Waals surface area (Å²) in [6.07, 6.45) is 0.219. The molecule has 2 aliphatic rings. The van der Waals surface area contributed by atoms with E-state index in [0.717, 1.165) is 12.1 Å². The lowest BCUT2D eigenvalue weighted by Crippen LogP contribution is -2.60. The van der Waals surface area contributed by atoms with E-state index in [9.17, 15) is 9.59 Å². The third kappa shape index (κ3) is 3.94. The zero-order chi connectivity index (χ0) is 19.9. The Kier molecular flexibility index (Phi) is 5.45. The SMILES string of the molecule is O=C(N[C@H](N1C[C@@H]2C[C@@H](C1)c1cccc(=O)n1C2)C(Cl)(Cl)Cl)c1ccccc1. The molecule has 0 aliphatic carbocycles. The molecule has 3 heterocycles. The van der Waals surface area contributed by atoms with Gasteiger partial charge in [-0.3, -0.25) is 14.5 Å². The Labute approximate surface area is 178 Å². The predicted molar refractivity (Wildman–Crippen MR) is 111 cm³/mol. The number of halogens is 3. The number of benzene rings is 1. The molecule has 5 nitrogen and oxygen atoms in total. The second kappa shape index (κ2) is 7.71. The quantitative estimate of drug-likeness (QED) is 0.744. The molecule has 1 fully saturated rings. The third-order valence-electron chi connectivity index (χ3n) is 5.49. The van der Waals surface area contributed by atoms with Crippen LogP contribution in [0.3, 0.4) is 0 Å². The van der Waals surface area contributed by atoms with Crippen LogP contribution in [0, 0.1) is 5.92 Å². The molecular formula is C20H20Cl3N3O2. The molecule has 148 valence electrons. The van der Waals surface area contributed by atoms with Gasteiger partial charge in [0.1, 0.15) is 6.17 Å². The highest BCUT2D eigenvalue weighted by Crippen LogP contribution is 2.39. The van der Waals surface area contributed by atoms with Crippen LogP contribution in [0.15, 0.2) is 53.3 Å². The van der Waals surface area contributed by atoms with E-state index in [4.69, 9.17) is 34.8 Å². The largest absolute Gasteiger partial charge is 0.332 e. The Morgan fingerprint density at radius 1 is 1.04 bits per heavy atom. The molecule has 28 heavy (non-hydrogen) atoms. The molecule has 1 amide bonds. The number of carbonyl (C=O) groups is 1. The van der Waals surface area contributed by atoms with Gasteiger partial charge < -0.3 is 9.88 Å². The van der Waals surface area contributed by atoms with Crippen molar-refractivity contribution < 1.29 is 4.79 Å². The topological polar surface area (TPSA) is 54.3 Å². The number of nitrogens with zero attached hydrogens (tertiary/aromatic N) is 2. The lowest BCUT2D eigenvalue weighted by Gasteiger charge is -2.47. The van der Waals surface area contributed by atoms with Crippen LogP contribution in [0.5, 0.6) is 0 Å². The summed E-state index contributed by atoms with van der Waals surface area (Å²) in [6.45, 7) is 1.89. The summed E-state index contributed by atoms with van der Waals surface area (Å²) >= 11 is 18.8. The molecule has 1 N–H and O–H groups in total. The van der Waals surface area contributed by atoms with E-state index in [-0.39, 0.29) is 23.3 Å². The van der Waals surface area contributed by atoms with Crippen LogP contribution in [0.2, 0.25) is 0 Å². The molecule has 1 aromatic heterocycles. The Hall–Kier alpha value is -1.53. The fourth-order valence-corrected chi connectivity index (χ4v) is 4.90. The van der Waals surface area contributed by atoms with Crippen molar-refractivity contribution in [3.63, 3.8) is 0 Å². The molecule has 0 unspecified atom stereocenters. The van der Waals surface area contributed by atoms with Gasteiger partial charge >= 0.3 is 0 Å². The number of fused-ring (bicyclic) bond motifs is 4. The molecule has 3 atom stereocenters. The molecule has 2 aromatic rings. The van der Waals surface area contributed by atoms with Crippen molar-refractivity contribution in [2.45, 2.75) is 28.8 Å². The van der Waals surface area contributed by atoms with Crippen molar-refractivity contribution in [1.82, 2.24) is 14.8 Å². The second-order valence-corrected chi connectivity index (χ2v) is 9.80. The van der Waals surface area contributed by atoms with E-state index in [2.05, 4.69) is 5.32 Å². The number of piperidine rings is 1. The molecule has 0 spiro atoms. The average Bonchev–Trinajstić information content (AvgIpc) is 2.66. The van der Waals surface area contributed by atoms with Crippen LogP contribution in [0.4, 0.5) is 0 Å². The number of aromatic nitrogens is 1. The van der Waals surface area contributed by atoms with Crippen molar-refractivity contribution in [3.05, 3.63) is 70.1 Å². The van der Waals surface area contributed by atoms with E-state index in [0.29, 0.717) is 25.2 Å². The van der Waals surface area contributed by atoms with E-state index >= 15 is 0 Å². The monoisotopic (exact) mass is 439 g/mol. The molecule has 1 aromatic carbocycles. The van der Waals surface area contributed by atoms with Gasteiger partial charge in [-0.25, -0.2) is 0 Å². The molecular weight excluding hydrogens is 421 g/mol. The first-order valence-corrected chi connectivity index (χ1v) is 10.3. The average molecular weight is 441 g/mol. The summed E-state index contributed by atoms with van der Waals surface area (Å²) < 4.78 is 0.162. The fourth-order valence-electron chi connectivity index (χ4n) is 4.32. The summed E-state index contributed by atoms with van der Waals surface area (Å²) in [5.74, 6) is 0.129. The number of amides is 1. The van der Waals surface area contributed by atoms with Gasteiger partial charge in [0.05, 0.1) is 0 Å². The van der Waals surface area contributed by atoms with Gasteiger partial charge in [-0.05, 0) is 30.5 Å². The molecule has 0 radical (unpaired) electrons. The Morgan fingerprint density at radius 3 is 2.50 bits per heavy atom. The first kappa shape index (κ1) is 19.8. The maximum absolute atomic E-state index is 12.7. The van der Waals surface area contributed by atoms with Crippen molar-refractivity contribution in [2.24, 2.45) is 5.92 Å². The van der Waals surface area contributed by atoms with Crippen molar-refractivity contribution in [2.75, 3.05) is 13.1 Å². The van der Waals surface area contributed by atoms with Gasteiger partial charge in [-0.1, -0.05) is 59.1 Å². The smallest absolute Gasteiger partial charge is 0.252 e. The van der Waals surface area contributed by atoms with Crippen LogP contribution in [0.1, 0.15) is 28.4 Å². The standard InChI is InChI=1S/C20H20Cl3N3O2/c21-20(22,23)19(24-18(28)14-5-2-1-3-6-14)25-10-13-9-15(12-25)16-7-4-8-17(27)26(16)11-13/h1-8,13,15,19H,9-12H2,(H,24,28)/t13-,15-,19+/m0/s1. The highest BCUT2D eigenvalue weighted by molar-refractivity contribution is 6.68. The summed E-state index contributed by atoms with van der Waals surface area (Å²) in [6, 6.07) is 14.2. The zero-order valence-corrected chi connectivity index (χ0v) is 17.3. The number of carbonyl (C=O) groups excluding carboxylic acids is 1. The number of rotatable bonds is 3. The molecule has 4 rings (SSSR count). The van der Waals surface area contributed by atoms with Crippen molar-refractivity contribution in [3.8, 4) is 0 Å². The highest BCUT2D eigenvalue weighted by atomic mass is 35.6. The van der Waals surface area contributed by atoms with Gasteiger partial charge in [0.25, 0.3) is 11.5 Å². The van der Waals surface area contributed by atoms with Crippen LogP contribution in [0.25, 0.3) is 0 Å². The first-order valence-electron chi connectivity index (χ1n) is 9.19. The lowest BCUT2D eigenvalue weighted by molar-refractivity contribution is 0.0586. The van der Waals surface area contributed by atoms with Crippen LogP contribution >= 0.6 is 34.8 Å². The van der Waals surface area contributed by atoms with Gasteiger partial charge in [0, 0.05) is 42.9 Å². The van der Waals surface area contributed by atoms with Gasteiger partial charge in [0.15, 0.2) is 0 Å². The minimum absolute atomic E-state index is 0.0240. The second-order valence-electron chi connectivity index (χ2n) is 7.44. The maximum Gasteiger partial charge on any atom is 0.252 e. The highest BCUT2D eigenvalue weighted by Gasteiger charge is 2.44. The van der Waals surface area contributed by atoms with Crippen LogP contribution in [-0.4, -0.2) is 38.4 Å². The third-order valence-corrected chi connectivity index (χ3v) is 6.11. The van der Waals surface area contributed by atoms with Gasteiger partial charge in [0.2, 0.25) is 3.79 Å². The lowest BCUT2D eigenvalue weighted by atomic mass is 9.83. The first-order chi connectivity index (χ1) is 13.3. The van der Waals surface area contributed by atoms with E-state index < -0.39 is 9.96 Å². The van der Waals surface area contributed by atoms with E-state index in [1.165, 1.54) is 0 Å². The van der Waals surface area contributed by atoms with Crippen molar-refractivity contribution >= 4 is 40.7 Å². The van der Waals surface area contributed by atoms with Gasteiger partial charge in [-0.2, -0.15) is 0 Å². The summed E-state index contributed by atoms with van der Waals surface area (Å²) in [5.41, 5.74) is 1.54. The molecule has 1 saturated heterocycles. The molecule has 8 heteroatoms. The summed E-state index contributed by atoms with van der Waals surface area (Å²) in [7, 11) is 0. The zero-order valence-electron chi connectivity index (χ0n) is 15.0. The summed E-state index contributed by atoms with van der Waals surface area (Å²) in [5, 5.41) is 2.89. The van der Waals surface area contributed by atoms with E-state index in [1.807, 2.05) is 21.6 Å². The Bertz CT molecular complexity index is 926. The molecule has 2 aliphatic heterocycles. The molecule has 0 saturated carbocycles. The normalized spacial score (nSPS) is 23.0. The van der Waals surface area contributed by atoms with Crippen molar-refractivity contribution in [1.29, 1.82) is 0 Å². The number of pyridine rings is 1. The summed E-state index contributed by atoms with van der Waals surface area (Å²) in [4.78, 5) is 26.9. The number of hydrogen-bond donors (Lipinski definition) is 1. The minimum Gasteiger partial charge on any atom is -0.332 e. The number of hydrogen-bond acceptors (Lipinski definition) is 3. The van der Waals surface area contributed by atoms with Gasteiger partial charge in [-0.15, -0.1) is 0 Å². The van der Waals surface area contributed by atoms with E-state index in [1.54, 1.807) is 36.4 Å². The number of likely N-dealkylation sites (tertiary alicyclic amines) is 1. The minimum atomic E-state index is -1.69. The Morgan fingerprint density at radius 2 is 1.79 bits per heavy atom. The predicted octanol–water partition coefficient (Wildman–Crippen LogP) is 3.39. The number of nitrogens with one attached hydrogen (secondary N) is 1. The van der Waals surface area contributed by atoms with Crippen LogP contribution in [-0.2, 0) is 6.54 Å². The fraction of sp³-hybridized carbons (Fsp3) is 0.400.